The summed E-state index contributed by atoms with van der Waals surface area (Å²) >= 11 is 0. The van der Waals surface area contributed by atoms with Crippen molar-refractivity contribution in [3.63, 3.8) is 0 Å². The Hall–Kier alpha value is -0.570. The highest BCUT2D eigenvalue weighted by molar-refractivity contribution is 5.78. The molecule has 3 heteroatoms. The summed E-state index contributed by atoms with van der Waals surface area (Å²) in [5.41, 5.74) is 0. The molecule has 0 atom stereocenters. The summed E-state index contributed by atoms with van der Waals surface area (Å²) in [6.45, 7) is 1.56. The van der Waals surface area contributed by atoms with Crippen LogP contribution in [0.5, 0.6) is 0 Å². The smallest absolute Gasteiger partial charge is 0.236 e. The van der Waals surface area contributed by atoms with Crippen molar-refractivity contribution in [3.05, 3.63) is 0 Å². The number of nitrogens with zero attached hydrogens (tertiary/aromatic N) is 1. The quantitative estimate of drug-likeness (QED) is 0.815. The van der Waals surface area contributed by atoms with Crippen LogP contribution in [0, 0.1) is 5.92 Å². The highest BCUT2D eigenvalue weighted by Gasteiger charge is 2.23. The summed E-state index contributed by atoms with van der Waals surface area (Å²) in [5.74, 6) is 1.08. The third-order valence-electron chi connectivity index (χ3n) is 4.70. The Kier molecular flexibility index (Phi) is 5.48. The molecule has 1 N–H and O–H groups in total. The van der Waals surface area contributed by atoms with E-state index in [9.17, 15) is 4.79 Å². The van der Waals surface area contributed by atoms with E-state index >= 15 is 0 Å². The van der Waals surface area contributed by atoms with Crippen LogP contribution < -0.4 is 5.32 Å². The lowest BCUT2D eigenvalue weighted by molar-refractivity contribution is -0.130. The van der Waals surface area contributed by atoms with Gasteiger partial charge in [-0.15, -0.1) is 0 Å². The van der Waals surface area contributed by atoms with Gasteiger partial charge in [-0.3, -0.25) is 4.79 Å². The van der Waals surface area contributed by atoms with Gasteiger partial charge in [0.1, 0.15) is 0 Å². The molecule has 2 aliphatic carbocycles. The van der Waals surface area contributed by atoms with Gasteiger partial charge in [-0.2, -0.15) is 0 Å². The van der Waals surface area contributed by atoms with Gasteiger partial charge in [-0.25, -0.2) is 0 Å². The minimum Gasteiger partial charge on any atom is -0.342 e. The highest BCUT2D eigenvalue weighted by atomic mass is 16.2. The lowest BCUT2D eigenvalue weighted by atomic mass is 9.89. The lowest BCUT2D eigenvalue weighted by Gasteiger charge is -2.26. The molecule has 0 heterocycles. The van der Waals surface area contributed by atoms with Crippen LogP contribution in [0.1, 0.15) is 57.8 Å². The molecule has 0 radical (unpaired) electrons. The molecule has 0 aromatic rings. The van der Waals surface area contributed by atoms with E-state index in [4.69, 9.17) is 0 Å². The maximum Gasteiger partial charge on any atom is 0.236 e. The number of likely N-dealkylation sites (N-methyl/N-ethyl adjacent to an activating group) is 1. The van der Waals surface area contributed by atoms with E-state index < -0.39 is 0 Å². The molecule has 0 aromatic heterocycles. The molecule has 0 unspecified atom stereocenters. The standard InChI is InChI=1S/C15H28N2O/c1-17(14-9-5-6-10-14)15(18)12-16-11-13-7-3-2-4-8-13/h13-14,16H,2-12H2,1H3. The Morgan fingerprint density at radius 2 is 1.67 bits per heavy atom. The average molecular weight is 252 g/mol. The monoisotopic (exact) mass is 252 g/mol. The van der Waals surface area contributed by atoms with Crippen LogP contribution in [0.15, 0.2) is 0 Å². The first-order valence-corrected chi connectivity index (χ1v) is 7.74. The maximum atomic E-state index is 12.0. The fourth-order valence-electron chi connectivity index (χ4n) is 3.39. The molecule has 1 amide bonds. The maximum absolute atomic E-state index is 12.0. The van der Waals surface area contributed by atoms with Crippen molar-refractivity contribution in [2.24, 2.45) is 5.92 Å². The van der Waals surface area contributed by atoms with Gasteiger partial charge in [0.25, 0.3) is 0 Å². The Morgan fingerprint density at radius 3 is 2.33 bits per heavy atom. The largest absolute Gasteiger partial charge is 0.342 e. The zero-order valence-electron chi connectivity index (χ0n) is 11.8. The van der Waals surface area contributed by atoms with Gasteiger partial charge in [-0.05, 0) is 38.1 Å². The van der Waals surface area contributed by atoms with E-state index in [-0.39, 0.29) is 5.91 Å². The van der Waals surface area contributed by atoms with Crippen molar-refractivity contribution in [3.8, 4) is 0 Å². The minimum absolute atomic E-state index is 0.276. The summed E-state index contributed by atoms with van der Waals surface area (Å²) in [4.78, 5) is 14.0. The van der Waals surface area contributed by atoms with Gasteiger partial charge in [0.15, 0.2) is 0 Å². The first-order chi connectivity index (χ1) is 8.77. The second-order valence-electron chi connectivity index (χ2n) is 6.08. The molecule has 2 aliphatic rings. The van der Waals surface area contributed by atoms with Crippen molar-refractivity contribution in [1.29, 1.82) is 0 Å². The van der Waals surface area contributed by atoms with Crippen molar-refractivity contribution >= 4 is 5.91 Å². The molecule has 2 rings (SSSR count). The van der Waals surface area contributed by atoms with Gasteiger partial charge in [0.05, 0.1) is 6.54 Å². The Balaban J connectivity index is 1.61. The third-order valence-corrected chi connectivity index (χ3v) is 4.70. The molecule has 0 aliphatic heterocycles. The average Bonchev–Trinajstić information content (AvgIpc) is 2.93. The Labute approximate surface area is 111 Å². The van der Waals surface area contributed by atoms with Crippen LogP contribution in [0.2, 0.25) is 0 Å². The van der Waals surface area contributed by atoms with Crippen molar-refractivity contribution in [1.82, 2.24) is 10.2 Å². The summed E-state index contributed by atoms with van der Waals surface area (Å²) in [6, 6.07) is 0.508. The molecule has 0 bridgehead atoms. The molecule has 2 fully saturated rings. The van der Waals surface area contributed by atoms with E-state index in [0.29, 0.717) is 12.6 Å². The molecule has 0 aromatic carbocycles. The van der Waals surface area contributed by atoms with Crippen LogP contribution in [-0.4, -0.2) is 37.0 Å². The summed E-state index contributed by atoms with van der Waals surface area (Å²) in [7, 11) is 1.97. The van der Waals surface area contributed by atoms with Crippen LogP contribution in [0.4, 0.5) is 0 Å². The van der Waals surface area contributed by atoms with Crippen LogP contribution in [0.25, 0.3) is 0 Å². The van der Waals surface area contributed by atoms with Crippen LogP contribution >= 0.6 is 0 Å². The van der Waals surface area contributed by atoms with Crippen molar-refractivity contribution in [2.75, 3.05) is 20.1 Å². The second kappa shape index (κ2) is 7.13. The highest BCUT2D eigenvalue weighted by Crippen LogP contribution is 2.23. The first-order valence-electron chi connectivity index (χ1n) is 7.74. The van der Waals surface area contributed by atoms with E-state index in [1.807, 2.05) is 11.9 Å². The fraction of sp³-hybridized carbons (Fsp3) is 0.933. The van der Waals surface area contributed by atoms with Crippen molar-refractivity contribution < 1.29 is 4.79 Å². The summed E-state index contributed by atoms with van der Waals surface area (Å²) in [6.07, 6.45) is 11.8. The van der Waals surface area contributed by atoms with E-state index in [2.05, 4.69) is 5.32 Å². The molecular weight excluding hydrogens is 224 g/mol. The summed E-state index contributed by atoms with van der Waals surface area (Å²) in [5, 5.41) is 3.37. The zero-order chi connectivity index (χ0) is 12.8. The molecule has 18 heavy (non-hydrogen) atoms. The van der Waals surface area contributed by atoms with E-state index in [1.54, 1.807) is 0 Å². The first kappa shape index (κ1) is 13.9. The third kappa shape index (κ3) is 3.98. The number of rotatable bonds is 5. The minimum atomic E-state index is 0.276. The van der Waals surface area contributed by atoms with Gasteiger partial charge in [0.2, 0.25) is 5.91 Å². The van der Waals surface area contributed by atoms with Gasteiger partial charge in [0, 0.05) is 13.1 Å². The lowest BCUT2D eigenvalue weighted by Crippen LogP contribution is -2.41. The molecule has 2 saturated carbocycles. The SMILES string of the molecule is CN(C(=O)CNCC1CCCCC1)C1CCCC1. The van der Waals surface area contributed by atoms with Crippen LogP contribution in [0.3, 0.4) is 0 Å². The fourth-order valence-corrected chi connectivity index (χ4v) is 3.39. The molecule has 0 spiro atoms. The second-order valence-corrected chi connectivity index (χ2v) is 6.08. The number of hydrogen-bond acceptors (Lipinski definition) is 2. The predicted molar refractivity (Wildman–Crippen MR) is 74.5 cm³/mol. The number of amides is 1. The van der Waals surface area contributed by atoms with Gasteiger partial charge >= 0.3 is 0 Å². The zero-order valence-corrected chi connectivity index (χ0v) is 11.8. The van der Waals surface area contributed by atoms with E-state index in [1.165, 1.54) is 57.8 Å². The van der Waals surface area contributed by atoms with E-state index in [0.717, 1.165) is 12.5 Å². The molecular formula is C15H28N2O. The van der Waals surface area contributed by atoms with Gasteiger partial charge in [-0.1, -0.05) is 32.1 Å². The Morgan fingerprint density at radius 1 is 1.06 bits per heavy atom. The topological polar surface area (TPSA) is 32.3 Å². The van der Waals surface area contributed by atoms with Crippen LogP contribution in [-0.2, 0) is 4.79 Å². The van der Waals surface area contributed by atoms with Crippen molar-refractivity contribution in [2.45, 2.75) is 63.8 Å². The number of carbonyl (C=O) groups is 1. The summed E-state index contributed by atoms with van der Waals surface area (Å²) < 4.78 is 0. The Bertz CT molecular complexity index is 255. The number of hydrogen-bond donors (Lipinski definition) is 1. The normalized spacial score (nSPS) is 22.3. The van der Waals surface area contributed by atoms with Gasteiger partial charge < -0.3 is 10.2 Å². The number of carbonyl (C=O) groups excluding carboxylic acids is 1. The molecule has 3 nitrogen and oxygen atoms in total. The molecule has 0 saturated heterocycles. The molecule has 104 valence electrons. The number of nitrogens with one attached hydrogen (secondary N) is 1. The predicted octanol–water partition coefficient (Wildman–Crippen LogP) is 2.56.